The Morgan fingerprint density at radius 3 is 3.09 bits per heavy atom. The van der Waals surface area contributed by atoms with Crippen LogP contribution in [0.4, 0.5) is 0 Å². The first-order chi connectivity index (χ1) is 10.7. The topological polar surface area (TPSA) is 86.1 Å². The van der Waals surface area contributed by atoms with Crippen molar-refractivity contribution in [2.24, 2.45) is 0 Å². The Bertz CT molecular complexity index is 710. The van der Waals surface area contributed by atoms with E-state index in [-0.39, 0.29) is 17.6 Å². The lowest BCUT2D eigenvalue weighted by molar-refractivity contribution is -0.119. The highest BCUT2D eigenvalue weighted by atomic mass is 16.5. The van der Waals surface area contributed by atoms with Crippen LogP contribution in [0.5, 0.6) is 0 Å². The van der Waals surface area contributed by atoms with Crippen LogP contribution < -0.4 is 5.32 Å². The molecule has 1 fully saturated rings. The number of hydrogen-bond donors (Lipinski definition) is 1. The second kappa shape index (κ2) is 5.97. The quantitative estimate of drug-likeness (QED) is 0.852. The first-order valence-electron chi connectivity index (χ1n) is 7.03. The van der Waals surface area contributed by atoms with Gasteiger partial charge in [-0.1, -0.05) is 6.07 Å². The van der Waals surface area contributed by atoms with E-state index < -0.39 is 5.97 Å². The van der Waals surface area contributed by atoms with Crippen LogP contribution in [-0.2, 0) is 16.1 Å². The Morgan fingerprint density at radius 2 is 2.36 bits per heavy atom. The van der Waals surface area contributed by atoms with Crippen molar-refractivity contribution in [2.45, 2.75) is 25.4 Å². The lowest BCUT2D eigenvalue weighted by Crippen LogP contribution is -2.29. The number of imidazole rings is 1. The number of nitrogens with zero attached hydrogens (tertiary/aromatic N) is 3. The summed E-state index contributed by atoms with van der Waals surface area (Å²) in [5.41, 5.74) is 0.834. The molecule has 0 bridgehead atoms. The van der Waals surface area contributed by atoms with E-state index in [0.717, 1.165) is 6.42 Å². The number of carbonyl (C=O) groups is 2. The highest BCUT2D eigenvalue weighted by Crippen LogP contribution is 2.18. The number of aromatic nitrogens is 3. The first-order valence-corrected chi connectivity index (χ1v) is 7.03. The number of rotatable bonds is 4. The second-order valence-corrected chi connectivity index (χ2v) is 5.11. The van der Waals surface area contributed by atoms with Crippen molar-refractivity contribution < 1.29 is 14.3 Å². The van der Waals surface area contributed by atoms with Gasteiger partial charge in [-0.3, -0.25) is 4.79 Å². The molecule has 0 saturated carbocycles. The van der Waals surface area contributed by atoms with Gasteiger partial charge in [-0.15, -0.1) is 0 Å². The Kier molecular flexibility index (Phi) is 3.86. The Morgan fingerprint density at radius 1 is 1.50 bits per heavy atom. The van der Waals surface area contributed by atoms with Crippen molar-refractivity contribution in [3.8, 4) is 11.5 Å². The van der Waals surface area contributed by atoms with E-state index in [4.69, 9.17) is 0 Å². The van der Waals surface area contributed by atoms with Gasteiger partial charge < -0.3 is 14.6 Å². The molecule has 0 aromatic carbocycles. The third-order valence-electron chi connectivity index (χ3n) is 3.59. The van der Waals surface area contributed by atoms with Gasteiger partial charge in [-0.05, 0) is 18.6 Å². The molecular weight excluding hydrogens is 284 g/mol. The molecule has 0 aliphatic carbocycles. The Balaban J connectivity index is 1.85. The van der Waals surface area contributed by atoms with Gasteiger partial charge in [0.2, 0.25) is 5.91 Å². The number of carbonyl (C=O) groups excluding carboxylic acids is 2. The Hall–Kier alpha value is -2.70. The zero-order valence-corrected chi connectivity index (χ0v) is 12.2. The van der Waals surface area contributed by atoms with Crippen molar-refractivity contribution in [1.82, 2.24) is 19.9 Å². The molecule has 2 aromatic rings. The Labute approximate surface area is 127 Å². The number of esters is 1. The predicted octanol–water partition coefficient (Wildman–Crippen LogP) is 1.01. The molecule has 7 nitrogen and oxygen atoms in total. The van der Waals surface area contributed by atoms with Crippen LogP contribution in [0.15, 0.2) is 30.6 Å². The molecular formula is C15H16N4O3. The number of amides is 1. The van der Waals surface area contributed by atoms with Gasteiger partial charge in [0, 0.05) is 31.4 Å². The number of methoxy groups -OCH3 is 1. The fourth-order valence-corrected chi connectivity index (χ4v) is 2.52. The van der Waals surface area contributed by atoms with Crippen LogP contribution in [0.2, 0.25) is 0 Å². The van der Waals surface area contributed by atoms with Crippen LogP contribution in [-0.4, -0.2) is 39.6 Å². The number of pyridine rings is 1. The molecule has 2 aromatic heterocycles. The molecule has 1 amide bonds. The van der Waals surface area contributed by atoms with Crippen molar-refractivity contribution in [1.29, 1.82) is 0 Å². The minimum atomic E-state index is -0.483. The number of nitrogens with one attached hydrogen (secondary N) is 1. The van der Waals surface area contributed by atoms with Gasteiger partial charge in [0.15, 0.2) is 5.82 Å². The summed E-state index contributed by atoms with van der Waals surface area (Å²) in [6.07, 6.45) is 4.89. The summed E-state index contributed by atoms with van der Waals surface area (Å²) in [7, 11) is 1.32. The largest absolute Gasteiger partial charge is 0.464 e. The molecule has 22 heavy (non-hydrogen) atoms. The van der Waals surface area contributed by atoms with Crippen molar-refractivity contribution in [3.63, 3.8) is 0 Å². The number of ether oxygens (including phenoxy) is 1. The van der Waals surface area contributed by atoms with Crippen LogP contribution >= 0.6 is 0 Å². The van der Waals surface area contributed by atoms with E-state index in [9.17, 15) is 9.59 Å². The maximum atomic E-state index is 11.6. The average Bonchev–Trinajstić information content (AvgIpc) is 3.16. The summed E-state index contributed by atoms with van der Waals surface area (Å²) in [5, 5.41) is 2.93. The molecule has 1 atom stereocenters. The minimum Gasteiger partial charge on any atom is -0.464 e. The maximum absolute atomic E-state index is 11.6. The minimum absolute atomic E-state index is 0.0810. The summed E-state index contributed by atoms with van der Waals surface area (Å²) in [4.78, 5) is 31.5. The zero-order valence-electron chi connectivity index (χ0n) is 12.2. The maximum Gasteiger partial charge on any atom is 0.356 e. The highest BCUT2D eigenvalue weighted by Gasteiger charge is 2.22. The first kappa shape index (κ1) is 14.2. The van der Waals surface area contributed by atoms with Crippen molar-refractivity contribution in [2.75, 3.05) is 7.11 Å². The highest BCUT2D eigenvalue weighted by molar-refractivity contribution is 5.87. The van der Waals surface area contributed by atoms with E-state index >= 15 is 0 Å². The summed E-state index contributed by atoms with van der Waals surface area (Å²) < 4.78 is 6.61. The molecule has 0 spiro atoms. The van der Waals surface area contributed by atoms with E-state index in [1.54, 1.807) is 24.4 Å². The normalized spacial score (nSPS) is 17.3. The lowest BCUT2D eigenvalue weighted by atomic mass is 10.2. The van der Waals surface area contributed by atoms with Crippen LogP contribution in [0, 0.1) is 0 Å². The van der Waals surface area contributed by atoms with E-state index in [2.05, 4.69) is 20.0 Å². The van der Waals surface area contributed by atoms with Crippen LogP contribution in [0.25, 0.3) is 11.5 Å². The summed E-state index contributed by atoms with van der Waals surface area (Å²) in [6.45, 7) is 0.630. The molecule has 1 aliphatic rings. The van der Waals surface area contributed by atoms with Gasteiger partial charge in [0.1, 0.15) is 11.4 Å². The average molecular weight is 300 g/mol. The molecule has 1 unspecified atom stereocenters. The van der Waals surface area contributed by atoms with Crippen LogP contribution in [0.3, 0.4) is 0 Å². The van der Waals surface area contributed by atoms with E-state index in [1.807, 2.05) is 10.8 Å². The standard InChI is InChI=1S/C15H16N4O3/c1-22-15(21)12-4-2-3-11(18-12)14-16-7-8-19(14)9-10-5-6-13(20)17-10/h2-4,7-8,10H,5-6,9H2,1H3,(H,17,20). The van der Waals surface area contributed by atoms with Crippen molar-refractivity contribution >= 4 is 11.9 Å². The third-order valence-corrected chi connectivity index (χ3v) is 3.59. The van der Waals surface area contributed by atoms with Gasteiger partial charge in [0.25, 0.3) is 0 Å². The third kappa shape index (κ3) is 2.83. The molecule has 1 aliphatic heterocycles. The van der Waals surface area contributed by atoms with Gasteiger partial charge >= 0.3 is 5.97 Å². The predicted molar refractivity (Wildman–Crippen MR) is 78.0 cm³/mol. The fourth-order valence-electron chi connectivity index (χ4n) is 2.52. The molecule has 114 valence electrons. The number of hydrogen-bond acceptors (Lipinski definition) is 5. The van der Waals surface area contributed by atoms with Gasteiger partial charge in [-0.2, -0.15) is 0 Å². The molecule has 3 heterocycles. The van der Waals surface area contributed by atoms with Crippen molar-refractivity contribution in [3.05, 3.63) is 36.3 Å². The zero-order chi connectivity index (χ0) is 15.5. The lowest BCUT2D eigenvalue weighted by Gasteiger charge is -2.13. The van der Waals surface area contributed by atoms with E-state index in [0.29, 0.717) is 24.5 Å². The monoisotopic (exact) mass is 300 g/mol. The van der Waals surface area contributed by atoms with Gasteiger partial charge in [-0.25, -0.2) is 14.8 Å². The smallest absolute Gasteiger partial charge is 0.356 e. The fraction of sp³-hybridized carbons (Fsp3) is 0.333. The SMILES string of the molecule is COC(=O)c1cccc(-c2nccn2CC2CCC(=O)N2)n1. The summed E-state index contributed by atoms with van der Waals surface area (Å²) in [6, 6.07) is 5.23. The molecule has 1 saturated heterocycles. The summed E-state index contributed by atoms with van der Waals surface area (Å²) in [5.74, 6) is 0.257. The molecule has 1 N–H and O–H groups in total. The second-order valence-electron chi connectivity index (χ2n) is 5.11. The van der Waals surface area contributed by atoms with Crippen LogP contribution in [0.1, 0.15) is 23.3 Å². The molecule has 0 radical (unpaired) electrons. The molecule has 7 heteroatoms. The van der Waals surface area contributed by atoms with E-state index in [1.165, 1.54) is 7.11 Å². The summed E-state index contributed by atoms with van der Waals surface area (Å²) >= 11 is 0. The van der Waals surface area contributed by atoms with Gasteiger partial charge in [0.05, 0.1) is 7.11 Å². The molecule has 3 rings (SSSR count).